The Balaban J connectivity index is 3.14. The summed E-state index contributed by atoms with van der Waals surface area (Å²) >= 11 is 0. The number of carbonyl (C=O) groups excluding carboxylic acids is 1. The smallest absolute Gasteiger partial charge is 0.315 e. The van der Waals surface area contributed by atoms with Crippen molar-refractivity contribution in [3.05, 3.63) is 10.1 Å². The van der Waals surface area contributed by atoms with Gasteiger partial charge in [-0.1, -0.05) is 13.8 Å². The Bertz CT molecular complexity index is 332. The maximum atomic E-state index is 11.5. The van der Waals surface area contributed by atoms with Gasteiger partial charge in [0.1, 0.15) is 0 Å². The molecule has 1 heterocycles. The van der Waals surface area contributed by atoms with Crippen LogP contribution in [0.3, 0.4) is 0 Å². The predicted octanol–water partition coefficient (Wildman–Crippen LogP) is 0.406. The summed E-state index contributed by atoms with van der Waals surface area (Å²) in [6.07, 6.45) is 0.286. The number of urea groups is 1. The highest BCUT2D eigenvalue weighted by molar-refractivity contribution is 5.73. The zero-order valence-electron chi connectivity index (χ0n) is 11.0. The van der Waals surface area contributed by atoms with Gasteiger partial charge in [-0.05, 0) is 19.9 Å². The fourth-order valence-corrected chi connectivity index (χ4v) is 2.71. The molecule has 2 amide bonds. The van der Waals surface area contributed by atoms with Crippen LogP contribution in [0.5, 0.6) is 0 Å². The molecule has 0 aromatic carbocycles. The van der Waals surface area contributed by atoms with E-state index in [2.05, 4.69) is 0 Å². The Morgan fingerprint density at radius 3 is 2.44 bits per heavy atom. The van der Waals surface area contributed by atoms with E-state index in [-0.39, 0.29) is 0 Å². The molecule has 1 rings (SSSR count). The number of rotatable bonds is 4. The Hall–Kier alpha value is -1.57. The molecule has 0 bridgehead atoms. The summed E-state index contributed by atoms with van der Waals surface area (Å²) in [5.74, 6) is 0. The summed E-state index contributed by atoms with van der Waals surface area (Å²) in [4.78, 5) is 30.2. The van der Waals surface area contributed by atoms with Gasteiger partial charge < -0.3 is 10.6 Å². The molecule has 1 aliphatic heterocycles. The number of nitrogens with two attached hydrogens (primary N) is 1. The molecule has 104 valence electrons. The zero-order valence-corrected chi connectivity index (χ0v) is 11.0. The molecule has 1 fully saturated rings. The first-order valence-corrected chi connectivity index (χ1v) is 5.97. The Labute approximate surface area is 106 Å². The maximum absolute atomic E-state index is 11.5. The third-order valence-electron chi connectivity index (χ3n) is 3.75. The highest BCUT2D eigenvalue weighted by Crippen LogP contribution is 2.34. The van der Waals surface area contributed by atoms with Crippen molar-refractivity contribution < 1.29 is 14.7 Å². The second kappa shape index (κ2) is 5.38. The molecule has 8 nitrogen and oxygen atoms in total. The van der Waals surface area contributed by atoms with Crippen molar-refractivity contribution in [1.82, 2.24) is 9.80 Å². The van der Waals surface area contributed by atoms with Gasteiger partial charge in [0.25, 0.3) is 5.09 Å². The number of hydrogen-bond donors (Lipinski definition) is 1. The number of nitrogens with zero attached hydrogens (tertiary/aromatic N) is 3. The van der Waals surface area contributed by atoms with Crippen molar-refractivity contribution in [2.75, 3.05) is 20.1 Å². The quantitative estimate of drug-likeness (QED) is 0.582. The molecule has 0 spiro atoms. The van der Waals surface area contributed by atoms with E-state index in [1.165, 1.54) is 4.90 Å². The third kappa shape index (κ3) is 2.33. The lowest BCUT2D eigenvalue weighted by molar-refractivity contribution is -0.778. The average Bonchev–Trinajstić information content (AvgIpc) is 2.31. The van der Waals surface area contributed by atoms with Gasteiger partial charge in [0, 0.05) is 13.1 Å². The van der Waals surface area contributed by atoms with Crippen molar-refractivity contribution in [3.8, 4) is 0 Å². The van der Waals surface area contributed by atoms with Gasteiger partial charge >= 0.3 is 6.03 Å². The van der Waals surface area contributed by atoms with Gasteiger partial charge in [0.05, 0.1) is 5.54 Å². The van der Waals surface area contributed by atoms with E-state index < -0.39 is 22.9 Å². The van der Waals surface area contributed by atoms with Crippen molar-refractivity contribution in [2.45, 2.75) is 38.5 Å². The van der Waals surface area contributed by atoms with Crippen LogP contribution in [-0.4, -0.2) is 52.8 Å². The fourth-order valence-electron chi connectivity index (χ4n) is 2.71. The van der Waals surface area contributed by atoms with Gasteiger partial charge in [0.15, 0.2) is 6.23 Å². The van der Waals surface area contributed by atoms with Crippen LogP contribution >= 0.6 is 0 Å². The Morgan fingerprint density at radius 2 is 2.06 bits per heavy atom. The molecule has 0 aliphatic carbocycles. The summed E-state index contributed by atoms with van der Waals surface area (Å²) in [5, 5.41) is 9.82. The van der Waals surface area contributed by atoms with E-state index in [1.54, 1.807) is 11.9 Å². The summed E-state index contributed by atoms with van der Waals surface area (Å²) in [6.45, 7) is 4.68. The standard InChI is InChI=1S/C10H20N4O4/c1-4-10(5-2)8(18-14(16)17)12(3)6-7-13(10)9(11)15/h8H,4-7H2,1-3H3,(H2,11,15). The molecular formula is C10H20N4O4. The first-order chi connectivity index (χ1) is 8.39. The molecule has 1 unspecified atom stereocenters. The summed E-state index contributed by atoms with van der Waals surface area (Å²) in [7, 11) is 1.74. The molecule has 2 N–H and O–H groups in total. The van der Waals surface area contributed by atoms with Crippen molar-refractivity contribution in [1.29, 1.82) is 0 Å². The van der Waals surface area contributed by atoms with Crippen LogP contribution in [0.2, 0.25) is 0 Å². The second-order valence-corrected chi connectivity index (χ2v) is 4.46. The molecular weight excluding hydrogens is 240 g/mol. The number of carbonyl (C=O) groups is 1. The minimum absolute atomic E-state index is 0.449. The minimum atomic E-state index is -0.814. The molecule has 1 atom stereocenters. The molecule has 0 saturated carbocycles. The molecule has 8 heteroatoms. The van der Waals surface area contributed by atoms with Crippen LogP contribution in [0, 0.1) is 10.1 Å². The van der Waals surface area contributed by atoms with Crippen LogP contribution in [0.25, 0.3) is 0 Å². The number of piperazine rings is 1. The predicted molar refractivity (Wildman–Crippen MR) is 64.1 cm³/mol. The van der Waals surface area contributed by atoms with E-state index in [4.69, 9.17) is 10.6 Å². The summed E-state index contributed by atoms with van der Waals surface area (Å²) in [6, 6.07) is -0.566. The first kappa shape index (κ1) is 14.5. The number of amides is 2. The molecule has 0 aromatic rings. The van der Waals surface area contributed by atoms with E-state index in [9.17, 15) is 14.9 Å². The van der Waals surface area contributed by atoms with Gasteiger partial charge in [-0.2, -0.15) is 0 Å². The van der Waals surface area contributed by atoms with E-state index >= 15 is 0 Å². The minimum Gasteiger partial charge on any atom is -0.351 e. The topological polar surface area (TPSA) is 102 Å². The lowest BCUT2D eigenvalue weighted by Gasteiger charge is -2.52. The third-order valence-corrected chi connectivity index (χ3v) is 3.75. The van der Waals surface area contributed by atoms with Crippen LogP contribution in [0.15, 0.2) is 0 Å². The maximum Gasteiger partial charge on any atom is 0.315 e. The van der Waals surface area contributed by atoms with Gasteiger partial charge in [-0.3, -0.25) is 9.74 Å². The highest BCUT2D eigenvalue weighted by atomic mass is 17.0. The van der Waals surface area contributed by atoms with Crippen LogP contribution in [-0.2, 0) is 4.84 Å². The van der Waals surface area contributed by atoms with E-state index in [0.29, 0.717) is 25.9 Å². The van der Waals surface area contributed by atoms with Crippen molar-refractivity contribution in [2.24, 2.45) is 5.73 Å². The highest BCUT2D eigenvalue weighted by Gasteiger charge is 2.50. The fraction of sp³-hybridized carbons (Fsp3) is 0.900. The summed E-state index contributed by atoms with van der Waals surface area (Å²) < 4.78 is 0. The number of hydrogen-bond acceptors (Lipinski definition) is 5. The lowest BCUT2D eigenvalue weighted by Crippen LogP contribution is -2.70. The van der Waals surface area contributed by atoms with E-state index in [1.807, 2.05) is 13.8 Å². The number of likely N-dealkylation sites (N-methyl/N-ethyl adjacent to an activating group) is 1. The first-order valence-electron chi connectivity index (χ1n) is 5.97. The molecule has 0 radical (unpaired) electrons. The zero-order chi connectivity index (χ0) is 13.9. The Morgan fingerprint density at radius 1 is 1.50 bits per heavy atom. The van der Waals surface area contributed by atoms with Crippen LogP contribution in [0.1, 0.15) is 26.7 Å². The van der Waals surface area contributed by atoms with Gasteiger partial charge in [-0.15, -0.1) is 10.1 Å². The molecule has 1 aliphatic rings. The normalized spacial score (nSPS) is 23.7. The van der Waals surface area contributed by atoms with Gasteiger partial charge in [0.2, 0.25) is 0 Å². The molecule has 1 saturated heterocycles. The largest absolute Gasteiger partial charge is 0.351 e. The monoisotopic (exact) mass is 260 g/mol. The van der Waals surface area contributed by atoms with Gasteiger partial charge in [-0.25, -0.2) is 4.79 Å². The SMILES string of the molecule is CCC1(CC)C(O[N+](=O)[O-])N(C)CCN1C(N)=O. The average molecular weight is 260 g/mol. The number of primary amides is 1. The second-order valence-electron chi connectivity index (χ2n) is 4.46. The molecule has 18 heavy (non-hydrogen) atoms. The van der Waals surface area contributed by atoms with Crippen molar-refractivity contribution in [3.63, 3.8) is 0 Å². The van der Waals surface area contributed by atoms with Crippen LogP contribution < -0.4 is 5.73 Å². The summed E-state index contributed by atoms with van der Waals surface area (Å²) in [5.41, 5.74) is 4.62. The Kier molecular flexibility index (Phi) is 4.33. The van der Waals surface area contributed by atoms with Crippen molar-refractivity contribution >= 4 is 6.03 Å². The van der Waals surface area contributed by atoms with E-state index in [0.717, 1.165) is 0 Å². The van der Waals surface area contributed by atoms with Crippen LogP contribution in [0.4, 0.5) is 4.79 Å². The lowest BCUT2D eigenvalue weighted by atomic mass is 9.86. The molecule has 0 aromatic heterocycles.